The van der Waals surface area contributed by atoms with Gasteiger partial charge in [0.05, 0.1) is 6.54 Å². The lowest BCUT2D eigenvalue weighted by Gasteiger charge is -2.28. The van der Waals surface area contributed by atoms with Gasteiger partial charge in [0.25, 0.3) is 0 Å². The summed E-state index contributed by atoms with van der Waals surface area (Å²) in [6, 6.07) is 4.57. The summed E-state index contributed by atoms with van der Waals surface area (Å²) in [6.07, 6.45) is 7.01. The molecule has 90 valence electrons. The van der Waals surface area contributed by atoms with Crippen LogP contribution in [0.15, 0.2) is 21.2 Å². The molecular formula is C13H20BrNO. The molecule has 0 unspecified atom stereocenters. The van der Waals surface area contributed by atoms with Gasteiger partial charge < -0.3 is 9.73 Å². The van der Waals surface area contributed by atoms with Gasteiger partial charge in [-0.1, -0.05) is 19.3 Å². The van der Waals surface area contributed by atoms with Gasteiger partial charge in [-0.2, -0.15) is 0 Å². The maximum atomic E-state index is 5.48. The van der Waals surface area contributed by atoms with Crippen molar-refractivity contribution in [3.8, 4) is 0 Å². The Morgan fingerprint density at radius 3 is 2.75 bits per heavy atom. The summed E-state index contributed by atoms with van der Waals surface area (Å²) in [4.78, 5) is 0. The molecule has 0 amide bonds. The first-order chi connectivity index (χ1) is 7.75. The van der Waals surface area contributed by atoms with Crippen LogP contribution < -0.4 is 5.32 Å². The number of halogens is 1. The summed E-state index contributed by atoms with van der Waals surface area (Å²) in [6.45, 7) is 3.14. The van der Waals surface area contributed by atoms with E-state index in [0.717, 1.165) is 22.9 Å². The first-order valence-electron chi connectivity index (χ1n) is 6.23. The number of rotatable bonds is 4. The topological polar surface area (TPSA) is 25.2 Å². The summed E-state index contributed by atoms with van der Waals surface area (Å²) in [5.41, 5.74) is 0. The minimum atomic E-state index is 0.601. The number of hydrogen-bond acceptors (Lipinski definition) is 2. The Hall–Kier alpha value is -0.280. The molecule has 0 saturated heterocycles. The minimum Gasteiger partial charge on any atom is -0.453 e. The predicted molar refractivity (Wildman–Crippen MR) is 69.3 cm³/mol. The lowest BCUT2D eigenvalue weighted by atomic mass is 9.84. The smallest absolute Gasteiger partial charge is 0.169 e. The highest BCUT2D eigenvalue weighted by molar-refractivity contribution is 9.10. The molecule has 0 spiro atoms. The van der Waals surface area contributed by atoms with Crippen LogP contribution in [-0.2, 0) is 6.54 Å². The number of furan rings is 1. The quantitative estimate of drug-likeness (QED) is 0.901. The van der Waals surface area contributed by atoms with Crippen molar-refractivity contribution in [2.45, 2.75) is 51.6 Å². The van der Waals surface area contributed by atoms with Crippen LogP contribution >= 0.6 is 15.9 Å². The largest absolute Gasteiger partial charge is 0.453 e. The van der Waals surface area contributed by atoms with E-state index in [-0.39, 0.29) is 0 Å². The first-order valence-corrected chi connectivity index (χ1v) is 7.02. The summed E-state index contributed by atoms with van der Waals surface area (Å²) in [5, 5.41) is 3.57. The van der Waals surface area contributed by atoms with Crippen molar-refractivity contribution in [3.05, 3.63) is 22.6 Å². The van der Waals surface area contributed by atoms with Crippen molar-refractivity contribution in [2.75, 3.05) is 0 Å². The van der Waals surface area contributed by atoms with Crippen molar-refractivity contribution >= 4 is 15.9 Å². The summed E-state index contributed by atoms with van der Waals surface area (Å²) < 4.78 is 6.29. The molecule has 2 nitrogen and oxygen atoms in total. The SMILES string of the molecule is C[C@H](NCc1ccc(Br)o1)C1CCCCC1. The maximum absolute atomic E-state index is 5.48. The van der Waals surface area contributed by atoms with Crippen molar-refractivity contribution in [3.63, 3.8) is 0 Å². The molecule has 0 aliphatic heterocycles. The van der Waals surface area contributed by atoms with Gasteiger partial charge in [0.2, 0.25) is 0 Å². The Kier molecular flexibility index (Phi) is 4.47. The lowest BCUT2D eigenvalue weighted by Crippen LogP contribution is -2.34. The Morgan fingerprint density at radius 2 is 2.12 bits per heavy atom. The van der Waals surface area contributed by atoms with Crippen molar-refractivity contribution in [1.82, 2.24) is 5.32 Å². The Labute approximate surface area is 106 Å². The molecule has 1 aliphatic carbocycles. The zero-order valence-corrected chi connectivity index (χ0v) is 11.4. The fourth-order valence-electron chi connectivity index (χ4n) is 2.51. The lowest BCUT2D eigenvalue weighted by molar-refractivity contribution is 0.275. The zero-order chi connectivity index (χ0) is 11.4. The summed E-state index contributed by atoms with van der Waals surface area (Å²) >= 11 is 3.32. The highest BCUT2D eigenvalue weighted by Crippen LogP contribution is 2.26. The van der Waals surface area contributed by atoms with Crippen LogP contribution in [0.2, 0.25) is 0 Å². The molecule has 1 aliphatic rings. The fourth-order valence-corrected chi connectivity index (χ4v) is 2.85. The van der Waals surface area contributed by atoms with Crippen LogP contribution in [0.1, 0.15) is 44.8 Å². The average molecular weight is 286 g/mol. The average Bonchev–Trinajstić information content (AvgIpc) is 2.73. The molecule has 0 radical (unpaired) electrons. The van der Waals surface area contributed by atoms with Crippen LogP contribution in [0.3, 0.4) is 0 Å². The van der Waals surface area contributed by atoms with E-state index in [1.165, 1.54) is 32.1 Å². The molecule has 1 aromatic rings. The van der Waals surface area contributed by atoms with Gasteiger partial charge in [-0.25, -0.2) is 0 Å². The summed E-state index contributed by atoms with van der Waals surface area (Å²) in [5.74, 6) is 1.86. The minimum absolute atomic E-state index is 0.601. The number of nitrogens with one attached hydrogen (secondary N) is 1. The van der Waals surface area contributed by atoms with Gasteiger partial charge in [-0.3, -0.25) is 0 Å². The Morgan fingerprint density at radius 1 is 1.38 bits per heavy atom. The van der Waals surface area contributed by atoms with E-state index >= 15 is 0 Å². The van der Waals surface area contributed by atoms with E-state index in [1.807, 2.05) is 12.1 Å². The monoisotopic (exact) mass is 285 g/mol. The van der Waals surface area contributed by atoms with Gasteiger partial charge in [0.1, 0.15) is 5.76 Å². The second kappa shape index (κ2) is 5.87. The molecule has 0 bridgehead atoms. The number of hydrogen-bond donors (Lipinski definition) is 1. The molecule has 1 saturated carbocycles. The molecule has 2 rings (SSSR count). The Balaban J connectivity index is 1.76. The van der Waals surface area contributed by atoms with E-state index in [4.69, 9.17) is 4.42 Å². The van der Waals surface area contributed by atoms with Crippen LogP contribution in [0, 0.1) is 5.92 Å². The van der Waals surface area contributed by atoms with Gasteiger partial charge in [-0.05, 0) is 53.7 Å². The molecule has 0 aromatic carbocycles. The molecule has 3 heteroatoms. The van der Waals surface area contributed by atoms with E-state index < -0.39 is 0 Å². The first kappa shape index (κ1) is 12.2. The van der Waals surface area contributed by atoms with Crippen LogP contribution in [-0.4, -0.2) is 6.04 Å². The van der Waals surface area contributed by atoms with Crippen molar-refractivity contribution in [1.29, 1.82) is 0 Å². The molecule has 1 fully saturated rings. The normalized spacial score (nSPS) is 19.9. The van der Waals surface area contributed by atoms with Gasteiger partial charge in [-0.15, -0.1) is 0 Å². The molecule has 1 atom stereocenters. The fraction of sp³-hybridized carbons (Fsp3) is 0.692. The zero-order valence-electron chi connectivity index (χ0n) is 9.84. The van der Waals surface area contributed by atoms with Crippen LogP contribution in [0.4, 0.5) is 0 Å². The highest BCUT2D eigenvalue weighted by Gasteiger charge is 2.19. The van der Waals surface area contributed by atoms with E-state index in [0.29, 0.717) is 6.04 Å². The molecule has 1 aromatic heterocycles. The third-order valence-electron chi connectivity index (χ3n) is 3.58. The molecule has 16 heavy (non-hydrogen) atoms. The second-order valence-electron chi connectivity index (χ2n) is 4.77. The van der Waals surface area contributed by atoms with E-state index in [2.05, 4.69) is 28.2 Å². The predicted octanol–water partition coefficient (Wildman–Crippen LogP) is 4.10. The highest BCUT2D eigenvalue weighted by atomic mass is 79.9. The van der Waals surface area contributed by atoms with Crippen LogP contribution in [0.5, 0.6) is 0 Å². The van der Waals surface area contributed by atoms with Gasteiger partial charge in [0, 0.05) is 6.04 Å². The third kappa shape index (κ3) is 3.36. The molecule has 1 heterocycles. The van der Waals surface area contributed by atoms with Crippen LogP contribution in [0.25, 0.3) is 0 Å². The van der Waals surface area contributed by atoms with Crippen molar-refractivity contribution in [2.24, 2.45) is 5.92 Å². The third-order valence-corrected chi connectivity index (χ3v) is 4.01. The van der Waals surface area contributed by atoms with E-state index in [1.54, 1.807) is 0 Å². The van der Waals surface area contributed by atoms with E-state index in [9.17, 15) is 0 Å². The second-order valence-corrected chi connectivity index (χ2v) is 5.56. The molecule has 1 N–H and O–H groups in total. The van der Waals surface area contributed by atoms with Gasteiger partial charge >= 0.3 is 0 Å². The summed E-state index contributed by atoms with van der Waals surface area (Å²) in [7, 11) is 0. The van der Waals surface area contributed by atoms with Gasteiger partial charge in [0.15, 0.2) is 4.67 Å². The molecular weight excluding hydrogens is 266 g/mol. The Bertz CT molecular complexity index is 317. The maximum Gasteiger partial charge on any atom is 0.169 e. The standard InChI is InChI=1S/C13H20BrNO/c1-10(11-5-3-2-4-6-11)15-9-12-7-8-13(14)16-12/h7-8,10-11,15H,2-6,9H2,1H3/t10-/m0/s1. The van der Waals surface area contributed by atoms with Crippen molar-refractivity contribution < 1.29 is 4.42 Å².